The van der Waals surface area contributed by atoms with Crippen LogP contribution >= 0.6 is 0 Å². The Morgan fingerprint density at radius 3 is 2.89 bits per heavy atom. The Balaban J connectivity index is 1.85. The Bertz CT molecular complexity index is 466. The molecule has 1 aromatic carbocycles. The fourth-order valence-corrected chi connectivity index (χ4v) is 2.73. The Morgan fingerprint density at radius 1 is 1.22 bits per heavy atom. The van der Waals surface area contributed by atoms with E-state index in [4.69, 9.17) is 9.47 Å². The molecule has 0 amide bonds. The fourth-order valence-electron chi connectivity index (χ4n) is 2.73. The van der Waals surface area contributed by atoms with Crippen molar-refractivity contribution in [2.24, 2.45) is 0 Å². The zero-order valence-electron chi connectivity index (χ0n) is 10.2. The predicted molar refractivity (Wildman–Crippen MR) is 68.0 cm³/mol. The van der Waals surface area contributed by atoms with Crippen LogP contribution in [0, 0.1) is 0 Å². The summed E-state index contributed by atoms with van der Waals surface area (Å²) in [4.78, 5) is 11.3. The lowest BCUT2D eigenvalue weighted by Gasteiger charge is -2.31. The summed E-state index contributed by atoms with van der Waals surface area (Å²) in [6.45, 7) is 0. The monoisotopic (exact) mass is 244 g/mol. The van der Waals surface area contributed by atoms with Crippen molar-refractivity contribution in [3.05, 3.63) is 42.0 Å². The van der Waals surface area contributed by atoms with Crippen LogP contribution in [0.1, 0.15) is 31.2 Å². The first-order chi connectivity index (χ1) is 8.78. The van der Waals surface area contributed by atoms with Crippen molar-refractivity contribution in [3.8, 4) is 0 Å². The third kappa shape index (κ3) is 2.01. The first-order valence-electron chi connectivity index (χ1n) is 6.42. The van der Waals surface area contributed by atoms with E-state index in [-0.39, 0.29) is 6.10 Å². The first-order valence-corrected chi connectivity index (χ1v) is 6.42. The molecule has 94 valence electrons. The number of carbonyl (C=O) groups is 1. The number of benzene rings is 1. The van der Waals surface area contributed by atoms with Gasteiger partial charge in [-0.2, -0.15) is 0 Å². The van der Waals surface area contributed by atoms with Crippen molar-refractivity contribution in [3.63, 3.8) is 0 Å². The van der Waals surface area contributed by atoms with E-state index in [2.05, 4.69) is 0 Å². The molecule has 1 aliphatic carbocycles. The van der Waals surface area contributed by atoms with Crippen LogP contribution in [-0.2, 0) is 9.47 Å². The molecule has 1 saturated carbocycles. The van der Waals surface area contributed by atoms with E-state index in [9.17, 15) is 4.79 Å². The molecule has 1 aromatic rings. The van der Waals surface area contributed by atoms with Gasteiger partial charge >= 0.3 is 6.16 Å². The minimum absolute atomic E-state index is 0.112. The smallest absolute Gasteiger partial charge is 0.426 e. The van der Waals surface area contributed by atoms with Crippen LogP contribution in [0.2, 0.25) is 0 Å². The van der Waals surface area contributed by atoms with Crippen molar-refractivity contribution in [2.45, 2.75) is 37.4 Å². The Kier molecular flexibility index (Phi) is 2.82. The van der Waals surface area contributed by atoms with Gasteiger partial charge in [0.15, 0.2) is 5.60 Å². The van der Waals surface area contributed by atoms with Gasteiger partial charge in [-0.05, 0) is 37.3 Å². The second kappa shape index (κ2) is 4.48. The highest BCUT2D eigenvalue weighted by Crippen LogP contribution is 2.40. The summed E-state index contributed by atoms with van der Waals surface area (Å²) in [5.41, 5.74) is 0.574. The molecule has 0 unspecified atom stereocenters. The second-order valence-electron chi connectivity index (χ2n) is 4.90. The molecular weight excluding hydrogens is 228 g/mol. The molecule has 3 nitrogen and oxygen atoms in total. The molecule has 2 atom stereocenters. The van der Waals surface area contributed by atoms with Crippen LogP contribution in [0.15, 0.2) is 36.4 Å². The fraction of sp³-hybridized carbons (Fsp3) is 0.400. The standard InChI is InChI=1S/C15H16O3/c16-14-17-13-8-4-5-10-15(13,18-14)11-9-12-6-2-1-3-7-12/h1-3,6-7,9,11,13H,4-5,8,10H2/b11-9-/t13-,15-/m1/s1. The maximum absolute atomic E-state index is 11.3. The van der Waals surface area contributed by atoms with Crippen molar-refractivity contribution >= 4 is 12.2 Å². The molecule has 1 aliphatic heterocycles. The zero-order chi connectivity index (χ0) is 12.4. The van der Waals surface area contributed by atoms with Crippen molar-refractivity contribution in [1.29, 1.82) is 0 Å². The predicted octanol–water partition coefficient (Wildman–Crippen LogP) is 3.55. The topological polar surface area (TPSA) is 35.5 Å². The van der Waals surface area contributed by atoms with E-state index in [1.54, 1.807) is 0 Å². The zero-order valence-corrected chi connectivity index (χ0v) is 10.2. The van der Waals surface area contributed by atoms with Crippen molar-refractivity contribution in [1.82, 2.24) is 0 Å². The molecule has 3 rings (SSSR count). The molecule has 0 spiro atoms. The van der Waals surface area contributed by atoms with Crippen LogP contribution in [0.5, 0.6) is 0 Å². The van der Waals surface area contributed by atoms with Crippen LogP contribution in [0.3, 0.4) is 0 Å². The highest BCUT2D eigenvalue weighted by atomic mass is 16.8. The molecule has 0 aromatic heterocycles. The molecule has 18 heavy (non-hydrogen) atoms. The number of ether oxygens (including phenoxy) is 2. The number of hydrogen-bond donors (Lipinski definition) is 0. The van der Waals surface area contributed by atoms with Crippen LogP contribution < -0.4 is 0 Å². The lowest BCUT2D eigenvalue weighted by molar-refractivity contribution is 0.0412. The molecule has 2 fully saturated rings. The van der Waals surface area contributed by atoms with Crippen LogP contribution in [0.25, 0.3) is 6.08 Å². The van der Waals surface area contributed by atoms with E-state index in [1.807, 2.05) is 42.5 Å². The van der Waals surface area contributed by atoms with Gasteiger partial charge in [-0.15, -0.1) is 0 Å². The maximum Gasteiger partial charge on any atom is 0.509 e. The SMILES string of the molecule is O=C1O[C@@H]2CCCC[C@]2(/C=C\c2ccccc2)O1. The minimum Gasteiger partial charge on any atom is -0.426 e. The lowest BCUT2D eigenvalue weighted by Crippen LogP contribution is -2.40. The van der Waals surface area contributed by atoms with E-state index >= 15 is 0 Å². The van der Waals surface area contributed by atoms with E-state index in [0.717, 1.165) is 31.2 Å². The molecule has 3 heteroatoms. The quantitative estimate of drug-likeness (QED) is 0.746. The van der Waals surface area contributed by atoms with Crippen molar-refractivity contribution in [2.75, 3.05) is 0 Å². The summed E-state index contributed by atoms with van der Waals surface area (Å²) in [6.07, 6.45) is 7.29. The Labute approximate surface area is 106 Å². The Morgan fingerprint density at radius 2 is 2.06 bits per heavy atom. The summed E-state index contributed by atoms with van der Waals surface area (Å²) in [7, 11) is 0. The number of rotatable bonds is 2. The second-order valence-corrected chi connectivity index (χ2v) is 4.90. The lowest BCUT2D eigenvalue weighted by atomic mass is 9.82. The number of hydrogen-bond acceptors (Lipinski definition) is 3. The van der Waals surface area contributed by atoms with Crippen LogP contribution in [0.4, 0.5) is 4.79 Å². The van der Waals surface area contributed by atoms with Crippen molar-refractivity contribution < 1.29 is 14.3 Å². The van der Waals surface area contributed by atoms with E-state index in [0.29, 0.717) is 0 Å². The molecule has 1 saturated heterocycles. The molecular formula is C15H16O3. The summed E-state index contributed by atoms with van der Waals surface area (Å²) in [6, 6.07) is 10.0. The number of carbonyl (C=O) groups excluding carboxylic acids is 1. The van der Waals surface area contributed by atoms with Gasteiger partial charge in [-0.25, -0.2) is 4.79 Å². The summed E-state index contributed by atoms with van der Waals surface area (Å²) in [5.74, 6) is 0. The van der Waals surface area contributed by atoms with E-state index < -0.39 is 11.8 Å². The highest BCUT2D eigenvalue weighted by Gasteiger charge is 2.50. The third-order valence-electron chi connectivity index (χ3n) is 3.70. The minimum atomic E-state index is -0.537. The van der Waals surface area contributed by atoms with Gasteiger partial charge in [0.25, 0.3) is 0 Å². The average molecular weight is 244 g/mol. The first kappa shape index (κ1) is 11.3. The van der Waals surface area contributed by atoms with Gasteiger partial charge in [-0.1, -0.05) is 36.4 Å². The van der Waals surface area contributed by atoms with Gasteiger partial charge in [0.05, 0.1) is 0 Å². The third-order valence-corrected chi connectivity index (χ3v) is 3.70. The van der Waals surface area contributed by atoms with E-state index in [1.165, 1.54) is 0 Å². The molecule has 2 aliphatic rings. The molecule has 1 heterocycles. The molecule has 0 N–H and O–H groups in total. The summed E-state index contributed by atoms with van der Waals surface area (Å²) in [5, 5.41) is 0. The molecule has 0 radical (unpaired) electrons. The number of fused-ring (bicyclic) bond motifs is 1. The van der Waals surface area contributed by atoms with Gasteiger partial charge in [0.2, 0.25) is 0 Å². The normalized spacial score (nSPS) is 30.9. The van der Waals surface area contributed by atoms with Gasteiger partial charge in [0, 0.05) is 0 Å². The van der Waals surface area contributed by atoms with Gasteiger partial charge < -0.3 is 9.47 Å². The van der Waals surface area contributed by atoms with Gasteiger partial charge in [0.1, 0.15) is 6.10 Å². The average Bonchev–Trinajstić information content (AvgIpc) is 2.74. The van der Waals surface area contributed by atoms with Crippen LogP contribution in [-0.4, -0.2) is 17.9 Å². The van der Waals surface area contributed by atoms with Gasteiger partial charge in [-0.3, -0.25) is 0 Å². The highest BCUT2D eigenvalue weighted by molar-refractivity contribution is 5.65. The maximum atomic E-state index is 11.3. The summed E-state index contributed by atoms with van der Waals surface area (Å²) >= 11 is 0. The molecule has 0 bridgehead atoms. The summed E-state index contributed by atoms with van der Waals surface area (Å²) < 4.78 is 10.7. The largest absolute Gasteiger partial charge is 0.509 e. The Hall–Kier alpha value is -1.77.